The van der Waals surface area contributed by atoms with Crippen molar-refractivity contribution < 1.29 is 17.6 Å². The highest BCUT2D eigenvalue weighted by molar-refractivity contribution is 7.91. The summed E-state index contributed by atoms with van der Waals surface area (Å²) in [4.78, 5) is 13.8. The molecule has 6 heteroatoms. The predicted octanol–water partition coefficient (Wildman–Crippen LogP) is 1.98. The maximum atomic E-state index is 12.2. The van der Waals surface area contributed by atoms with Crippen LogP contribution in [0.3, 0.4) is 0 Å². The Morgan fingerprint density at radius 3 is 2.73 bits per heavy atom. The summed E-state index contributed by atoms with van der Waals surface area (Å²) in [5.74, 6) is 3.41. The molecule has 0 aromatic carbocycles. The highest BCUT2D eigenvalue weighted by Crippen LogP contribution is 2.47. The van der Waals surface area contributed by atoms with Gasteiger partial charge in [-0.2, -0.15) is 0 Å². The lowest BCUT2D eigenvalue weighted by Crippen LogP contribution is -2.37. The van der Waals surface area contributed by atoms with Crippen LogP contribution in [0.25, 0.3) is 0 Å². The van der Waals surface area contributed by atoms with Gasteiger partial charge in [0.25, 0.3) is 0 Å². The number of sulfone groups is 1. The molecule has 0 spiro atoms. The Balaban J connectivity index is 1.50. The van der Waals surface area contributed by atoms with Gasteiger partial charge in [-0.3, -0.25) is 4.79 Å². The standard InChI is InChI=1S/C16H23NO4S/c1-11-9-14(11)15-5-3-13(21-15)4-6-16(18)17(2)12-7-8-22(19,20)10-12/h3,5,11-12,14H,4,6-10H2,1-2H3. The van der Waals surface area contributed by atoms with Gasteiger partial charge >= 0.3 is 0 Å². The van der Waals surface area contributed by atoms with Crippen LogP contribution >= 0.6 is 0 Å². The zero-order valence-corrected chi connectivity index (χ0v) is 13.9. The van der Waals surface area contributed by atoms with Gasteiger partial charge in [0.2, 0.25) is 5.91 Å². The summed E-state index contributed by atoms with van der Waals surface area (Å²) >= 11 is 0. The van der Waals surface area contributed by atoms with Crippen molar-refractivity contribution in [2.45, 2.75) is 44.6 Å². The van der Waals surface area contributed by atoms with Gasteiger partial charge in [0, 0.05) is 31.8 Å². The molecule has 3 rings (SSSR count). The van der Waals surface area contributed by atoms with E-state index in [1.807, 2.05) is 12.1 Å². The van der Waals surface area contributed by atoms with Crippen molar-refractivity contribution in [3.63, 3.8) is 0 Å². The van der Waals surface area contributed by atoms with E-state index in [0.717, 1.165) is 11.5 Å². The molecule has 1 aromatic rings. The first-order valence-electron chi connectivity index (χ1n) is 7.90. The first-order chi connectivity index (χ1) is 10.4. The number of aryl methyl sites for hydroxylation is 1. The average molecular weight is 325 g/mol. The fraction of sp³-hybridized carbons (Fsp3) is 0.688. The van der Waals surface area contributed by atoms with Crippen molar-refractivity contribution in [3.8, 4) is 0 Å². The Morgan fingerprint density at radius 1 is 1.41 bits per heavy atom. The third kappa shape index (κ3) is 3.37. The van der Waals surface area contributed by atoms with Gasteiger partial charge in [-0.05, 0) is 30.9 Å². The van der Waals surface area contributed by atoms with Crippen molar-refractivity contribution in [1.29, 1.82) is 0 Å². The second-order valence-corrected chi connectivity index (χ2v) is 8.91. The Labute approximate surface area is 131 Å². The van der Waals surface area contributed by atoms with E-state index in [4.69, 9.17) is 4.42 Å². The normalized spacial score (nSPS) is 29.5. The monoisotopic (exact) mass is 325 g/mol. The molecule has 3 atom stereocenters. The van der Waals surface area contributed by atoms with Crippen LogP contribution in [0.2, 0.25) is 0 Å². The van der Waals surface area contributed by atoms with E-state index in [0.29, 0.717) is 31.1 Å². The van der Waals surface area contributed by atoms with E-state index in [1.54, 1.807) is 11.9 Å². The zero-order valence-electron chi connectivity index (χ0n) is 13.1. The van der Waals surface area contributed by atoms with Gasteiger partial charge in [-0.1, -0.05) is 6.92 Å². The van der Waals surface area contributed by atoms with Crippen molar-refractivity contribution >= 4 is 15.7 Å². The smallest absolute Gasteiger partial charge is 0.223 e. The zero-order chi connectivity index (χ0) is 15.9. The number of carbonyl (C=O) groups is 1. The number of nitrogens with zero attached hydrogens (tertiary/aromatic N) is 1. The summed E-state index contributed by atoms with van der Waals surface area (Å²) in [6.07, 6.45) is 2.67. The molecule has 1 saturated heterocycles. The topological polar surface area (TPSA) is 67.6 Å². The van der Waals surface area contributed by atoms with Crippen molar-refractivity contribution in [3.05, 3.63) is 23.7 Å². The lowest BCUT2D eigenvalue weighted by atomic mass is 10.2. The van der Waals surface area contributed by atoms with Crippen molar-refractivity contribution in [2.24, 2.45) is 5.92 Å². The number of furan rings is 1. The minimum absolute atomic E-state index is 0.0140. The minimum atomic E-state index is -2.96. The highest BCUT2D eigenvalue weighted by Gasteiger charge is 2.36. The highest BCUT2D eigenvalue weighted by atomic mass is 32.2. The SMILES string of the molecule is CC1CC1c1ccc(CCC(=O)N(C)C2CCS(=O)(=O)C2)o1. The molecule has 22 heavy (non-hydrogen) atoms. The molecule has 122 valence electrons. The summed E-state index contributed by atoms with van der Waals surface area (Å²) in [5.41, 5.74) is 0. The van der Waals surface area contributed by atoms with Crippen LogP contribution in [0.5, 0.6) is 0 Å². The Morgan fingerprint density at radius 2 is 2.14 bits per heavy atom. The van der Waals surface area contributed by atoms with E-state index in [9.17, 15) is 13.2 Å². The lowest BCUT2D eigenvalue weighted by molar-refractivity contribution is -0.131. The van der Waals surface area contributed by atoms with E-state index in [1.165, 1.54) is 6.42 Å². The van der Waals surface area contributed by atoms with Gasteiger partial charge in [-0.15, -0.1) is 0 Å². The molecule has 1 aliphatic carbocycles. The van der Waals surface area contributed by atoms with Crippen LogP contribution in [-0.4, -0.2) is 43.8 Å². The van der Waals surface area contributed by atoms with Gasteiger partial charge in [-0.25, -0.2) is 8.42 Å². The maximum absolute atomic E-state index is 12.2. The molecule has 0 bridgehead atoms. The van der Waals surface area contributed by atoms with Crippen LogP contribution in [0.4, 0.5) is 0 Å². The van der Waals surface area contributed by atoms with Gasteiger partial charge in [0.05, 0.1) is 11.5 Å². The van der Waals surface area contributed by atoms with Crippen molar-refractivity contribution in [2.75, 3.05) is 18.6 Å². The van der Waals surface area contributed by atoms with E-state index >= 15 is 0 Å². The van der Waals surface area contributed by atoms with Gasteiger partial charge < -0.3 is 9.32 Å². The Kier molecular flexibility index (Phi) is 4.05. The van der Waals surface area contributed by atoms with Gasteiger partial charge in [0.1, 0.15) is 11.5 Å². The first kappa shape index (κ1) is 15.6. The molecule has 2 fully saturated rings. The third-order valence-corrected chi connectivity index (χ3v) is 6.64. The molecular weight excluding hydrogens is 302 g/mol. The molecule has 5 nitrogen and oxygen atoms in total. The molecule has 0 N–H and O–H groups in total. The van der Waals surface area contributed by atoms with Gasteiger partial charge in [0.15, 0.2) is 9.84 Å². The fourth-order valence-electron chi connectivity index (χ4n) is 3.14. The van der Waals surface area contributed by atoms with Crippen LogP contribution in [-0.2, 0) is 21.1 Å². The summed E-state index contributed by atoms with van der Waals surface area (Å²) in [6, 6.07) is 3.80. The minimum Gasteiger partial charge on any atom is -0.466 e. The average Bonchev–Trinajstić information content (AvgIpc) is 2.89. The molecule has 1 aromatic heterocycles. The molecule has 0 radical (unpaired) electrons. The lowest BCUT2D eigenvalue weighted by Gasteiger charge is -2.23. The fourth-order valence-corrected chi connectivity index (χ4v) is 4.91. The predicted molar refractivity (Wildman–Crippen MR) is 83.4 cm³/mol. The molecule has 1 saturated carbocycles. The van der Waals surface area contributed by atoms with Crippen LogP contribution < -0.4 is 0 Å². The first-order valence-corrected chi connectivity index (χ1v) is 9.72. The van der Waals surface area contributed by atoms with E-state index < -0.39 is 9.84 Å². The number of hydrogen-bond acceptors (Lipinski definition) is 4. The largest absolute Gasteiger partial charge is 0.466 e. The molecule has 2 heterocycles. The summed E-state index contributed by atoms with van der Waals surface area (Å²) in [5, 5.41) is 0. The Hall–Kier alpha value is -1.30. The maximum Gasteiger partial charge on any atom is 0.223 e. The van der Waals surface area contributed by atoms with E-state index in [-0.39, 0.29) is 23.5 Å². The second kappa shape index (κ2) is 5.72. The molecule has 2 aliphatic rings. The summed E-state index contributed by atoms with van der Waals surface area (Å²) in [7, 11) is -1.26. The number of amides is 1. The number of rotatable bonds is 5. The second-order valence-electron chi connectivity index (χ2n) is 6.69. The molecule has 1 aliphatic heterocycles. The molecule has 1 amide bonds. The number of carbonyl (C=O) groups excluding carboxylic acids is 1. The van der Waals surface area contributed by atoms with Crippen LogP contribution in [0.15, 0.2) is 16.5 Å². The number of hydrogen-bond donors (Lipinski definition) is 0. The van der Waals surface area contributed by atoms with Crippen molar-refractivity contribution in [1.82, 2.24) is 4.90 Å². The molecule has 3 unspecified atom stereocenters. The summed E-state index contributed by atoms with van der Waals surface area (Å²) < 4.78 is 28.8. The third-order valence-electron chi connectivity index (χ3n) is 4.89. The Bertz CT molecular complexity index is 663. The van der Waals surface area contributed by atoms with E-state index in [2.05, 4.69) is 6.92 Å². The summed E-state index contributed by atoms with van der Waals surface area (Å²) in [6.45, 7) is 2.21. The quantitative estimate of drug-likeness (QED) is 0.830. The van der Waals surface area contributed by atoms with Crippen LogP contribution in [0.1, 0.15) is 43.6 Å². The molecular formula is C16H23NO4S. The van der Waals surface area contributed by atoms with Crippen LogP contribution in [0, 0.1) is 5.92 Å².